The highest BCUT2D eigenvalue weighted by atomic mass is 32.2. The number of nitro benzene ring substituents is 1. The molecule has 0 unspecified atom stereocenters. The fraction of sp³-hybridized carbons (Fsp3) is 0.143. The Kier molecular flexibility index (Phi) is 3.95. The minimum Gasteiger partial charge on any atom is -0.388 e. The zero-order valence-electron chi connectivity index (χ0n) is 11.5. The van der Waals surface area contributed by atoms with Crippen LogP contribution in [0.15, 0.2) is 52.3 Å². The van der Waals surface area contributed by atoms with Crippen LogP contribution in [0.25, 0.3) is 0 Å². The van der Waals surface area contributed by atoms with Gasteiger partial charge in [-0.3, -0.25) is 10.1 Å². The second kappa shape index (κ2) is 5.53. The van der Waals surface area contributed by atoms with E-state index in [-0.39, 0.29) is 9.79 Å². The number of anilines is 1. The summed E-state index contributed by atoms with van der Waals surface area (Å²) in [6.07, 6.45) is 0. The van der Waals surface area contributed by atoms with E-state index in [2.05, 4.69) is 5.32 Å². The first kappa shape index (κ1) is 15.0. The molecule has 0 saturated carbocycles. The van der Waals surface area contributed by atoms with Crippen LogP contribution in [-0.2, 0) is 9.84 Å². The van der Waals surface area contributed by atoms with Crippen LogP contribution in [0, 0.1) is 17.0 Å². The Hall–Kier alpha value is -2.41. The first-order valence-electron chi connectivity index (χ1n) is 6.15. The van der Waals surface area contributed by atoms with E-state index in [0.717, 1.165) is 11.3 Å². The first-order chi connectivity index (χ1) is 9.87. The SMILES string of the molecule is CNc1ccc(S(=O)(=O)c2ccccc2[N+](=O)[O-])cc1C. The number of sulfone groups is 1. The monoisotopic (exact) mass is 306 g/mol. The zero-order valence-corrected chi connectivity index (χ0v) is 12.3. The third kappa shape index (κ3) is 2.73. The molecule has 0 fully saturated rings. The molecule has 0 aliphatic rings. The van der Waals surface area contributed by atoms with Gasteiger partial charge in [0, 0.05) is 18.8 Å². The maximum absolute atomic E-state index is 12.6. The number of hydrogen-bond donors (Lipinski definition) is 1. The van der Waals surface area contributed by atoms with Crippen LogP contribution >= 0.6 is 0 Å². The molecule has 2 aromatic carbocycles. The summed E-state index contributed by atoms with van der Waals surface area (Å²) in [5, 5.41) is 13.9. The lowest BCUT2D eigenvalue weighted by atomic mass is 10.2. The Labute approximate surface area is 122 Å². The summed E-state index contributed by atoms with van der Waals surface area (Å²) in [5.41, 5.74) is 1.13. The molecular formula is C14H14N2O4S. The Morgan fingerprint density at radius 2 is 1.81 bits per heavy atom. The molecule has 1 N–H and O–H groups in total. The maximum Gasteiger partial charge on any atom is 0.288 e. The molecule has 0 heterocycles. The average Bonchev–Trinajstić information content (AvgIpc) is 2.47. The van der Waals surface area contributed by atoms with Crippen molar-refractivity contribution in [2.45, 2.75) is 16.7 Å². The first-order valence-corrected chi connectivity index (χ1v) is 7.63. The molecule has 2 rings (SSSR count). The highest BCUT2D eigenvalue weighted by molar-refractivity contribution is 7.91. The van der Waals surface area contributed by atoms with Crippen LogP contribution in [0.5, 0.6) is 0 Å². The largest absolute Gasteiger partial charge is 0.388 e. The third-order valence-corrected chi connectivity index (χ3v) is 4.93. The molecule has 7 heteroatoms. The van der Waals surface area contributed by atoms with E-state index in [1.807, 2.05) is 0 Å². The average molecular weight is 306 g/mol. The van der Waals surface area contributed by atoms with E-state index in [1.54, 1.807) is 20.0 Å². The molecule has 0 spiro atoms. The number of nitrogens with one attached hydrogen (secondary N) is 1. The lowest BCUT2D eigenvalue weighted by Gasteiger charge is -2.09. The normalized spacial score (nSPS) is 11.1. The summed E-state index contributed by atoms with van der Waals surface area (Å²) in [7, 11) is -2.20. The van der Waals surface area contributed by atoms with Crippen molar-refractivity contribution in [1.82, 2.24) is 0 Å². The second-order valence-corrected chi connectivity index (χ2v) is 6.37. The fourth-order valence-corrected chi connectivity index (χ4v) is 3.55. The van der Waals surface area contributed by atoms with Crippen molar-refractivity contribution in [3.63, 3.8) is 0 Å². The van der Waals surface area contributed by atoms with Gasteiger partial charge >= 0.3 is 0 Å². The van der Waals surface area contributed by atoms with E-state index in [4.69, 9.17) is 0 Å². The summed E-state index contributed by atoms with van der Waals surface area (Å²) < 4.78 is 25.2. The molecule has 21 heavy (non-hydrogen) atoms. The highest BCUT2D eigenvalue weighted by Crippen LogP contribution is 2.30. The molecule has 2 aromatic rings. The minimum atomic E-state index is -3.93. The van der Waals surface area contributed by atoms with Gasteiger partial charge in [-0.2, -0.15) is 0 Å². The van der Waals surface area contributed by atoms with Gasteiger partial charge in [-0.15, -0.1) is 0 Å². The van der Waals surface area contributed by atoms with Crippen molar-refractivity contribution >= 4 is 21.2 Å². The van der Waals surface area contributed by atoms with Gasteiger partial charge in [-0.25, -0.2) is 8.42 Å². The predicted molar refractivity (Wildman–Crippen MR) is 79.3 cm³/mol. The maximum atomic E-state index is 12.6. The van der Waals surface area contributed by atoms with Gasteiger partial charge in [0.05, 0.1) is 9.82 Å². The summed E-state index contributed by atoms with van der Waals surface area (Å²) in [5.74, 6) is 0. The number of aryl methyl sites for hydroxylation is 1. The molecule has 0 aliphatic heterocycles. The van der Waals surface area contributed by atoms with Gasteiger partial charge in [0.25, 0.3) is 5.69 Å². The number of para-hydroxylation sites is 1. The van der Waals surface area contributed by atoms with Gasteiger partial charge in [0.1, 0.15) is 4.90 Å². The number of rotatable bonds is 4. The second-order valence-electron chi connectivity index (χ2n) is 4.45. The quantitative estimate of drug-likeness (QED) is 0.693. The number of hydrogen-bond acceptors (Lipinski definition) is 5. The molecule has 0 aliphatic carbocycles. The summed E-state index contributed by atoms with van der Waals surface area (Å²) in [6, 6.07) is 9.90. The molecule has 6 nitrogen and oxygen atoms in total. The fourth-order valence-electron chi connectivity index (χ4n) is 2.05. The highest BCUT2D eigenvalue weighted by Gasteiger charge is 2.27. The Morgan fingerprint density at radius 3 is 2.38 bits per heavy atom. The van der Waals surface area contributed by atoms with Crippen LogP contribution < -0.4 is 5.32 Å². The van der Waals surface area contributed by atoms with E-state index in [1.165, 1.54) is 36.4 Å². The van der Waals surface area contributed by atoms with Crippen LogP contribution in [0.1, 0.15) is 5.56 Å². The van der Waals surface area contributed by atoms with Crippen LogP contribution in [-0.4, -0.2) is 20.4 Å². The standard InChI is InChI=1S/C14H14N2O4S/c1-10-9-11(7-8-12(10)15-2)21(19,20)14-6-4-3-5-13(14)16(17)18/h3-9,15H,1-2H3. The van der Waals surface area contributed by atoms with Crippen molar-refractivity contribution < 1.29 is 13.3 Å². The Morgan fingerprint density at radius 1 is 1.14 bits per heavy atom. The predicted octanol–water partition coefficient (Wildman–Crippen LogP) is 2.78. The minimum absolute atomic E-state index is 0.0355. The van der Waals surface area contributed by atoms with E-state index in [0.29, 0.717) is 0 Å². The van der Waals surface area contributed by atoms with Crippen molar-refractivity contribution in [2.24, 2.45) is 0 Å². The van der Waals surface area contributed by atoms with Crippen molar-refractivity contribution in [3.05, 3.63) is 58.1 Å². The molecule has 0 amide bonds. The van der Waals surface area contributed by atoms with E-state index in [9.17, 15) is 18.5 Å². The number of nitro groups is 1. The number of nitrogens with zero attached hydrogens (tertiary/aromatic N) is 1. The lowest BCUT2D eigenvalue weighted by Crippen LogP contribution is -2.06. The Bertz CT molecular complexity index is 800. The summed E-state index contributed by atoms with van der Waals surface area (Å²) in [4.78, 5) is 10.0. The van der Waals surface area contributed by atoms with Gasteiger partial charge in [-0.05, 0) is 36.8 Å². The number of benzene rings is 2. The molecule has 110 valence electrons. The summed E-state index contributed by atoms with van der Waals surface area (Å²) >= 11 is 0. The van der Waals surface area contributed by atoms with Gasteiger partial charge < -0.3 is 5.32 Å². The van der Waals surface area contributed by atoms with Crippen molar-refractivity contribution in [2.75, 3.05) is 12.4 Å². The van der Waals surface area contributed by atoms with Gasteiger partial charge in [-0.1, -0.05) is 12.1 Å². The zero-order chi connectivity index (χ0) is 15.6. The van der Waals surface area contributed by atoms with Crippen molar-refractivity contribution in [3.8, 4) is 0 Å². The third-order valence-electron chi connectivity index (χ3n) is 3.13. The molecule has 0 saturated heterocycles. The summed E-state index contributed by atoms with van der Waals surface area (Å²) in [6.45, 7) is 1.77. The van der Waals surface area contributed by atoms with Gasteiger partial charge in [0.15, 0.2) is 0 Å². The molecule has 0 radical (unpaired) electrons. The van der Waals surface area contributed by atoms with Gasteiger partial charge in [0.2, 0.25) is 9.84 Å². The van der Waals surface area contributed by atoms with Crippen LogP contribution in [0.4, 0.5) is 11.4 Å². The van der Waals surface area contributed by atoms with E-state index < -0.39 is 20.4 Å². The topological polar surface area (TPSA) is 89.3 Å². The van der Waals surface area contributed by atoms with Crippen LogP contribution in [0.2, 0.25) is 0 Å². The van der Waals surface area contributed by atoms with Crippen molar-refractivity contribution in [1.29, 1.82) is 0 Å². The Balaban J connectivity index is 2.63. The molecule has 0 aromatic heterocycles. The lowest BCUT2D eigenvalue weighted by molar-refractivity contribution is -0.387. The molecule has 0 atom stereocenters. The van der Waals surface area contributed by atoms with Crippen LogP contribution in [0.3, 0.4) is 0 Å². The molecular weight excluding hydrogens is 292 g/mol. The smallest absolute Gasteiger partial charge is 0.288 e. The van der Waals surface area contributed by atoms with E-state index >= 15 is 0 Å². The molecule has 0 bridgehead atoms.